The molecule has 530 valence electrons. The molecule has 0 spiro atoms. The minimum Gasteiger partial charge on any atom is -0.330 e. The van der Waals surface area contributed by atoms with Crippen molar-refractivity contribution in [1.29, 1.82) is 5.26 Å². The summed E-state index contributed by atoms with van der Waals surface area (Å²) in [6.45, 7) is 2.24. The molecule has 16 nitrogen and oxygen atoms in total. The van der Waals surface area contributed by atoms with Crippen molar-refractivity contribution in [1.82, 2.24) is 69.4 Å². The predicted molar refractivity (Wildman–Crippen MR) is 445 cm³/mol. The van der Waals surface area contributed by atoms with Gasteiger partial charge in [-0.25, -0.2) is 59.8 Å². The molecule has 7 heterocycles. The van der Waals surface area contributed by atoms with E-state index >= 15 is 0 Å². The number of nitrogens with zero attached hydrogens (tertiary/aromatic N) is 16. The van der Waals surface area contributed by atoms with Crippen LogP contribution in [0.4, 0.5) is 11.4 Å². The van der Waals surface area contributed by atoms with Crippen LogP contribution in [0.15, 0.2) is 352 Å². The number of allylic oxidation sites excluding steroid dienone is 2. The van der Waals surface area contributed by atoms with E-state index in [1.807, 2.05) is 255 Å². The SMILES string of the molecule is CC12C=CC(c3nc(-c4ccccc4)nc(-c4ccccc4)n3)=CC1c1cc(-c3nc(-c4ccccc4)nc(-c4ccccc4)n3)ccc1N2c1cc(-c2ccncc2)cc(-n2c3ccc(-c4nc(-c5ccccc5)nc(-c5ccccc5)n4)cc3c3cc(-c4nc(-c5ccccc5)nc(-c5ccccc5)n4)ccc32)c1C#N. The van der Waals surface area contributed by atoms with Gasteiger partial charge in [0, 0.05) is 102 Å². The summed E-state index contributed by atoms with van der Waals surface area (Å²) in [6.07, 6.45) is 10.3. The molecule has 16 heteroatoms. The first-order valence-electron chi connectivity index (χ1n) is 37.2. The van der Waals surface area contributed by atoms with Gasteiger partial charge in [0.05, 0.1) is 33.5 Å². The van der Waals surface area contributed by atoms with E-state index in [0.29, 0.717) is 86.8 Å². The van der Waals surface area contributed by atoms with Gasteiger partial charge in [-0.3, -0.25) is 4.98 Å². The maximum absolute atomic E-state index is 12.6. The fourth-order valence-corrected chi connectivity index (χ4v) is 15.4. The molecule has 20 rings (SSSR count). The molecule has 0 radical (unpaired) electrons. The number of anilines is 2. The fourth-order valence-electron chi connectivity index (χ4n) is 15.4. The third-order valence-corrected chi connectivity index (χ3v) is 21.0. The Balaban J connectivity index is 0.825. The predicted octanol–water partition coefficient (Wildman–Crippen LogP) is 21.4. The number of fused-ring (bicyclic) bond motifs is 6. The van der Waals surface area contributed by atoms with Crippen molar-refractivity contribution in [2.24, 2.45) is 0 Å². The second kappa shape index (κ2) is 28.2. The summed E-state index contributed by atoms with van der Waals surface area (Å²) < 4.78 is 2.22. The Kier molecular flexibility index (Phi) is 16.7. The third-order valence-electron chi connectivity index (χ3n) is 21.0. The molecule has 2 unspecified atom stereocenters. The van der Waals surface area contributed by atoms with E-state index in [0.717, 1.165) is 111 Å². The van der Waals surface area contributed by atoms with Crippen molar-refractivity contribution in [2.45, 2.75) is 18.4 Å². The summed E-state index contributed by atoms with van der Waals surface area (Å²) in [6, 6.07) is 110. The number of benzene rings is 12. The van der Waals surface area contributed by atoms with E-state index in [1.165, 1.54) is 0 Å². The Labute approximate surface area is 650 Å². The Bertz CT molecular complexity index is 6390. The molecule has 113 heavy (non-hydrogen) atoms. The van der Waals surface area contributed by atoms with E-state index in [9.17, 15) is 5.26 Å². The standard InChI is InChI=1S/C97H62N16/c1-97-51-48-73(96-110-91(68-38-22-8-23-39-68)103-92(111-96)69-40-24-9-25-41-69)57-79(97)77-56-72(95-108-89(66-34-18-6-19-35-66)102-90(109-95)67-36-20-7-21-37-67)44-47-82(77)113(97)84-59-74(61-49-52-99-53-50-61)58-83(78(84)60-98)112-80-45-42-70(93-104-85(62-26-10-2-11-27-62)100-86(105-93)63-28-12-3-13-29-63)54-75(80)76-55-71(43-46-81(76)112)94-106-87(64-30-14-4-15-31-64)101-88(107-94)65-32-16-5-17-33-65/h2-59,79H,1H3. The van der Waals surface area contributed by atoms with Gasteiger partial charge in [0.15, 0.2) is 69.9 Å². The molecule has 0 N–H and O–H groups in total. The van der Waals surface area contributed by atoms with Crippen molar-refractivity contribution in [3.8, 4) is 148 Å². The van der Waals surface area contributed by atoms with Crippen LogP contribution in [0.5, 0.6) is 0 Å². The van der Waals surface area contributed by atoms with Crippen molar-refractivity contribution < 1.29 is 0 Å². The molecular weight excluding hydrogens is 1390 g/mol. The van der Waals surface area contributed by atoms with Gasteiger partial charge >= 0.3 is 0 Å². The van der Waals surface area contributed by atoms with Crippen LogP contribution in [0.25, 0.3) is 169 Å². The molecule has 2 atom stereocenters. The van der Waals surface area contributed by atoms with Crippen molar-refractivity contribution in [2.75, 3.05) is 4.90 Å². The average Bonchev–Trinajstić information content (AvgIpc) is 1.55. The summed E-state index contributed by atoms with van der Waals surface area (Å²) in [5, 5.41) is 14.3. The van der Waals surface area contributed by atoms with Crippen molar-refractivity contribution >= 4 is 38.8 Å². The second-order valence-corrected chi connectivity index (χ2v) is 28.0. The lowest BCUT2D eigenvalue weighted by molar-refractivity contribution is 0.543. The molecular formula is C97H62N16. The smallest absolute Gasteiger partial charge is 0.164 e. The van der Waals surface area contributed by atoms with Crippen molar-refractivity contribution in [3.63, 3.8) is 0 Å². The van der Waals surface area contributed by atoms with Crippen LogP contribution in [0, 0.1) is 11.3 Å². The van der Waals surface area contributed by atoms with E-state index in [-0.39, 0.29) is 0 Å². The quantitative estimate of drug-likeness (QED) is 0.0938. The molecule has 0 fully saturated rings. The Morgan fingerprint density at radius 1 is 0.292 bits per heavy atom. The number of hydrogen-bond acceptors (Lipinski definition) is 15. The first kappa shape index (κ1) is 66.8. The zero-order valence-corrected chi connectivity index (χ0v) is 60.7. The maximum Gasteiger partial charge on any atom is 0.164 e. The molecule has 12 aromatic carbocycles. The normalized spacial score (nSPS) is 14.2. The molecule has 0 saturated heterocycles. The molecule has 0 amide bonds. The molecule has 1 aliphatic heterocycles. The lowest BCUT2D eigenvalue weighted by atomic mass is 9.78. The molecule has 2 aliphatic rings. The third kappa shape index (κ3) is 12.4. The average molecular weight is 1450 g/mol. The van der Waals surface area contributed by atoms with Crippen LogP contribution < -0.4 is 4.90 Å². The largest absolute Gasteiger partial charge is 0.330 e. The first-order chi connectivity index (χ1) is 55.8. The molecule has 0 bridgehead atoms. The zero-order valence-electron chi connectivity index (χ0n) is 60.7. The topological polar surface area (TPSA) is 200 Å². The number of nitriles is 1. The van der Waals surface area contributed by atoms with E-state index in [1.54, 1.807) is 12.4 Å². The van der Waals surface area contributed by atoms with Crippen LogP contribution in [-0.2, 0) is 0 Å². The summed E-state index contributed by atoms with van der Waals surface area (Å²) in [5.74, 6) is 5.87. The Morgan fingerprint density at radius 2 is 0.602 bits per heavy atom. The minimum absolute atomic E-state index is 0.413. The number of rotatable bonds is 15. The maximum atomic E-state index is 12.6. The Morgan fingerprint density at radius 3 is 0.947 bits per heavy atom. The van der Waals surface area contributed by atoms with Gasteiger partial charge in [0.1, 0.15) is 6.07 Å². The van der Waals surface area contributed by atoms with Crippen LogP contribution in [0.3, 0.4) is 0 Å². The molecule has 6 aromatic heterocycles. The van der Waals surface area contributed by atoms with Gasteiger partial charge in [0.2, 0.25) is 0 Å². The summed E-state index contributed by atoms with van der Waals surface area (Å²) in [5.41, 5.74) is 15.9. The highest BCUT2D eigenvalue weighted by Gasteiger charge is 2.49. The fraction of sp³-hybridized carbons (Fsp3) is 0.0309. The molecule has 0 saturated carbocycles. The molecule has 18 aromatic rings. The summed E-state index contributed by atoms with van der Waals surface area (Å²) in [7, 11) is 0. The highest BCUT2D eigenvalue weighted by Crippen LogP contribution is 2.58. The minimum atomic E-state index is -0.917. The number of pyridine rings is 1. The van der Waals surface area contributed by atoms with Crippen LogP contribution in [-0.4, -0.2) is 74.9 Å². The molecule has 1 aliphatic carbocycles. The van der Waals surface area contributed by atoms with Gasteiger partial charge in [-0.05, 0) is 102 Å². The van der Waals surface area contributed by atoms with Gasteiger partial charge < -0.3 is 9.47 Å². The zero-order chi connectivity index (χ0) is 75.4. The highest BCUT2D eigenvalue weighted by molar-refractivity contribution is 6.12. The van der Waals surface area contributed by atoms with Gasteiger partial charge in [-0.15, -0.1) is 0 Å². The lowest BCUT2D eigenvalue weighted by Crippen LogP contribution is -2.42. The lowest BCUT2D eigenvalue weighted by Gasteiger charge is -2.40. The van der Waals surface area contributed by atoms with Gasteiger partial charge in [-0.1, -0.05) is 261 Å². The Hall–Kier alpha value is -15.6. The van der Waals surface area contributed by atoms with Gasteiger partial charge in [0.25, 0.3) is 0 Å². The van der Waals surface area contributed by atoms with E-state index < -0.39 is 11.5 Å². The first-order valence-corrected chi connectivity index (χ1v) is 37.2. The second-order valence-electron chi connectivity index (χ2n) is 28.0. The number of hydrogen-bond donors (Lipinski definition) is 0. The number of aromatic nitrogens is 14. The van der Waals surface area contributed by atoms with Crippen LogP contribution in [0.1, 0.15) is 29.8 Å². The van der Waals surface area contributed by atoms with Gasteiger partial charge in [-0.2, -0.15) is 5.26 Å². The summed E-state index contributed by atoms with van der Waals surface area (Å²) >= 11 is 0. The van der Waals surface area contributed by atoms with Crippen LogP contribution in [0.2, 0.25) is 0 Å². The highest BCUT2D eigenvalue weighted by atomic mass is 15.2. The summed E-state index contributed by atoms with van der Waals surface area (Å²) in [4.78, 5) is 69.3. The van der Waals surface area contributed by atoms with E-state index in [4.69, 9.17) is 59.8 Å². The monoisotopic (exact) mass is 1450 g/mol. The van der Waals surface area contributed by atoms with Crippen molar-refractivity contribution in [3.05, 3.63) is 369 Å². The van der Waals surface area contributed by atoms with Crippen LogP contribution >= 0.6 is 0 Å². The van der Waals surface area contributed by atoms with E-state index in [2.05, 4.69) is 112 Å².